The Morgan fingerprint density at radius 3 is 2.59 bits per heavy atom. The Bertz CT molecular complexity index is 503. The smallest absolute Gasteiger partial charge is 0.321 e. The summed E-state index contributed by atoms with van der Waals surface area (Å²) in [6, 6.07) is 8.03. The van der Waals surface area contributed by atoms with Crippen molar-refractivity contribution in [1.29, 1.82) is 0 Å². The first-order valence-electron chi connectivity index (χ1n) is 8.55. The number of anilines is 1. The van der Waals surface area contributed by atoms with Crippen LogP contribution in [-0.2, 0) is 0 Å². The van der Waals surface area contributed by atoms with Crippen LogP contribution in [0.2, 0.25) is 0 Å². The molecule has 2 heterocycles. The van der Waals surface area contributed by atoms with E-state index in [9.17, 15) is 4.79 Å². The Hall–Kier alpha value is -1.55. The Kier molecular flexibility index (Phi) is 4.98. The van der Waals surface area contributed by atoms with Gasteiger partial charge in [0.05, 0.1) is 0 Å². The van der Waals surface area contributed by atoms with Crippen molar-refractivity contribution in [2.24, 2.45) is 5.92 Å². The second-order valence-corrected chi connectivity index (χ2v) is 6.74. The van der Waals surface area contributed by atoms with E-state index in [2.05, 4.69) is 10.2 Å². The molecule has 1 aromatic rings. The van der Waals surface area contributed by atoms with Gasteiger partial charge in [0.1, 0.15) is 0 Å². The van der Waals surface area contributed by atoms with E-state index in [4.69, 9.17) is 0 Å². The fraction of sp³-hybridized carbons (Fsp3) is 0.611. The van der Waals surface area contributed by atoms with Gasteiger partial charge in [-0.15, -0.1) is 0 Å². The molecular weight excluding hydrogens is 274 g/mol. The number of nitrogens with zero attached hydrogens (tertiary/aromatic N) is 2. The predicted molar refractivity (Wildman–Crippen MR) is 90.2 cm³/mol. The van der Waals surface area contributed by atoms with Gasteiger partial charge in [-0.1, -0.05) is 12.1 Å². The molecule has 4 nitrogen and oxygen atoms in total. The summed E-state index contributed by atoms with van der Waals surface area (Å²) in [6.07, 6.45) is 4.99. The number of benzene rings is 1. The maximum atomic E-state index is 12.3. The Balaban J connectivity index is 1.45. The number of carbonyl (C=O) groups is 1. The van der Waals surface area contributed by atoms with E-state index in [1.165, 1.54) is 38.0 Å². The number of hydrogen-bond donors (Lipinski definition) is 1. The van der Waals surface area contributed by atoms with Gasteiger partial charge in [-0.3, -0.25) is 0 Å². The van der Waals surface area contributed by atoms with Crippen LogP contribution in [0.15, 0.2) is 24.3 Å². The van der Waals surface area contributed by atoms with Crippen LogP contribution in [0, 0.1) is 12.8 Å². The molecule has 22 heavy (non-hydrogen) atoms. The molecule has 3 rings (SSSR count). The summed E-state index contributed by atoms with van der Waals surface area (Å²) in [6.45, 7) is 7.58. The summed E-state index contributed by atoms with van der Waals surface area (Å²) in [5.41, 5.74) is 2.06. The van der Waals surface area contributed by atoms with E-state index in [0.29, 0.717) is 0 Å². The summed E-state index contributed by atoms with van der Waals surface area (Å²) < 4.78 is 0. The van der Waals surface area contributed by atoms with Crippen molar-refractivity contribution >= 4 is 11.7 Å². The average molecular weight is 301 g/mol. The first kappa shape index (κ1) is 15.3. The zero-order valence-corrected chi connectivity index (χ0v) is 13.6. The third-order valence-electron chi connectivity index (χ3n) is 4.89. The lowest BCUT2D eigenvalue weighted by Crippen LogP contribution is -2.43. The summed E-state index contributed by atoms with van der Waals surface area (Å²) in [7, 11) is 0. The Morgan fingerprint density at radius 2 is 1.91 bits per heavy atom. The van der Waals surface area contributed by atoms with E-state index in [0.717, 1.165) is 37.5 Å². The lowest BCUT2D eigenvalue weighted by molar-refractivity contribution is 0.163. The molecule has 0 radical (unpaired) electrons. The first-order chi connectivity index (χ1) is 10.7. The summed E-state index contributed by atoms with van der Waals surface area (Å²) >= 11 is 0. The van der Waals surface area contributed by atoms with Crippen molar-refractivity contribution in [3.63, 3.8) is 0 Å². The maximum Gasteiger partial charge on any atom is 0.321 e. The fourth-order valence-corrected chi connectivity index (χ4v) is 3.57. The third kappa shape index (κ3) is 4.01. The van der Waals surface area contributed by atoms with Crippen molar-refractivity contribution in [2.75, 3.05) is 38.0 Å². The normalized spacial score (nSPS) is 20.3. The molecule has 0 aromatic heterocycles. The van der Waals surface area contributed by atoms with E-state index in [1.807, 2.05) is 36.1 Å². The van der Waals surface area contributed by atoms with Crippen LogP contribution in [0.25, 0.3) is 0 Å². The van der Waals surface area contributed by atoms with Crippen molar-refractivity contribution in [3.05, 3.63) is 29.8 Å². The fourth-order valence-electron chi connectivity index (χ4n) is 3.57. The molecule has 2 aliphatic heterocycles. The van der Waals surface area contributed by atoms with Crippen molar-refractivity contribution in [2.45, 2.75) is 32.6 Å². The van der Waals surface area contributed by atoms with Gasteiger partial charge in [0.25, 0.3) is 0 Å². The second-order valence-electron chi connectivity index (χ2n) is 6.74. The zero-order valence-electron chi connectivity index (χ0n) is 13.6. The molecule has 0 atom stereocenters. The third-order valence-corrected chi connectivity index (χ3v) is 4.89. The van der Waals surface area contributed by atoms with Crippen LogP contribution in [0.1, 0.15) is 31.2 Å². The lowest BCUT2D eigenvalue weighted by atomic mass is 9.96. The molecule has 2 amide bonds. The van der Waals surface area contributed by atoms with Crippen LogP contribution in [0.3, 0.4) is 0 Å². The van der Waals surface area contributed by atoms with Gasteiger partial charge in [0, 0.05) is 25.3 Å². The second kappa shape index (κ2) is 7.14. The van der Waals surface area contributed by atoms with Gasteiger partial charge < -0.3 is 15.1 Å². The molecule has 0 bridgehead atoms. The van der Waals surface area contributed by atoms with Gasteiger partial charge in [-0.05, 0) is 69.3 Å². The predicted octanol–water partition coefficient (Wildman–Crippen LogP) is 3.33. The van der Waals surface area contributed by atoms with Crippen LogP contribution < -0.4 is 5.32 Å². The summed E-state index contributed by atoms with van der Waals surface area (Å²) in [4.78, 5) is 16.9. The highest BCUT2D eigenvalue weighted by atomic mass is 16.2. The zero-order chi connectivity index (χ0) is 15.4. The minimum Gasteiger partial charge on any atom is -0.325 e. The monoisotopic (exact) mass is 301 g/mol. The molecule has 4 heteroatoms. The lowest BCUT2D eigenvalue weighted by Gasteiger charge is -2.33. The first-order valence-corrected chi connectivity index (χ1v) is 8.55. The van der Waals surface area contributed by atoms with Crippen LogP contribution >= 0.6 is 0 Å². The number of urea groups is 1. The van der Waals surface area contributed by atoms with Gasteiger partial charge in [0.2, 0.25) is 0 Å². The van der Waals surface area contributed by atoms with Gasteiger partial charge in [-0.25, -0.2) is 4.79 Å². The van der Waals surface area contributed by atoms with Crippen LogP contribution in [0.5, 0.6) is 0 Å². The van der Waals surface area contributed by atoms with E-state index < -0.39 is 0 Å². The highest BCUT2D eigenvalue weighted by Gasteiger charge is 2.25. The molecule has 0 unspecified atom stereocenters. The molecule has 0 spiro atoms. The number of hydrogen-bond acceptors (Lipinski definition) is 2. The highest BCUT2D eigenvalue weighted by molar-refractivity contribution is 5.89. The summed E-state index contributed by atoms with van der Waals surface area (Å²) in [5, 5.41) is 3.02. The Morgan fingerprint density at radius 1 is 1.18 bits per heavy atom. The molecular formula is C18H27N3O. The molecule has 0 aliphatic carbocycles. The van der Waals surface area contributed by atoms with Crippen molar-refractivity contribution < 1.29 is 4.79 Å². The Labute approximate surface area is 133 Å². The van der Waals surface area contributed by atoms with Gasteiger partial charge in [0.15, 0.2) is 0 Å². The van der Waals surface area contributed by atoms with Crippen LogP contribution in [-0.4, -0.2) is 48.6 Å². The SMILES string of the molecule is Cc1cccc(NC(=O)N2CCC(CN3CCCC3)CC2)c1. The summed E-state index contributed by atoms with van der Waals surface area (Å²) in [5.74, 6) is 0.765. The molecule has 0 saturated carbocycles. The molecule has 120 valence electrons. The number of rotatable bonds is 3. The molecule has 1 aromatic carbocycles. The van der Waals surface area contributed by atoms with Gasteiger partial charge in [-0.2, -0.15) is 0 Å². The number of piperidine rings is 1. The maximum absolute atomic E-state index is 12.3. The molecule has 1 N–H and O–H groups in total. The van der Waals surface area contributed by atoms with E-state index >= 15 is 0 Å². The number of nitrogens with one attached hydrogen (secondary N) is 1. The number of carbonyl (C=O) groups excluding carboxylic acids is 1. The standard InChI is InChI=1S/C18H27N3O/c1-15-5-4-6-17(13-15)19-18(22)21-11-7-16(8-12-21)14-20-9-2-3-10-20/h4-6,13,16H,2-3,7-12,14H2,1H3,(H,19,22). The quantitative estimate of drug-likeness (QED) is 0.929. The highest BCUT2D eigenvalue weighted by Crippen LogP contribution is 2.21. The van der Waals surface area contributed by atoms with Crippen molar-refractivity contribution in [3.8, 4) is 0 Å². The largest absolute Gasteiger partial charge is 0.325 e. The van der Waals surface area contributed by atoms with E-state index in [-0.39, 0.29) is 6.03 Å². The molecule has 2 fully saturated rings. The molecule has 2 saturated heterocycles. The number of amides is 2. The van der Waals surface area contributed by atoms with Crippen molar-refractivity contribution in [1.82, 2.24) is 9.80 Å². The number of likely N-dealkylation sites (tertiary alicyclic amines) is 2. The topological polar surface area (TPSA) is 35.6 Å². The average Bonchev–Trinajstić information content (AvgIpc) is 3.01. The minimum absolute atomic E-state index is 0.0465. The van der Waals surface area contributed by atoms with Crippen LogP contribution in [0.4, 0.5) is 10.5 Å². The number of aryl methyl sites for hydroxylation is 1. The minimum atomic E-state index is 0.0465. The molecule has 2 aliphatic rings. The van der Waals surface area contributed by atoms with Gasteiger partial charge >= 0.3 is 6.03 Å². The van der Waals surface area contributed by atoms with E-state index in [1.54, 1.807) is 0 Å².